The number of hydrogen-bond acceptors (Lipinski definition) is 4. The largest absolute Gasteiger partial charge is 0.506 e. The molecule has 1 rings (SSSR count). The van der Waals surface area contributed by atoms with Gasteiger partial charge in [-0.3, -0.25) is 4.79 Å². The first-order chi connectivity index (χ1) is 9.99. The average molecular weight is 316 g/mol. The Hall–Kier alpha value is -1.30. The number of rotatable bonds is 9. The Morgan fingerprint density at radius 1 is 1.14 bits per heavy atom. The molecular formula is C15H22ClNO4. The summed E-state index contributed by atoms with van der Waals surface area (Å²) in [4.78, 5) is 11.7. The molecule has 6 heteroatoms. The lowest BCUT2D eigenvalue weighted by atomic mass is 10.1. The normalized spacial score (nSPS) is 10.9. The van der Waals surface area contributed by atoms with Gasteiger partial charge in [0.25, 0.3) is 0 Å². The molecule has 0 radical (unpaired) electrons. The molecule has 21 heavy (non-hydrogen) atoms. The second-order valence-electron chi connectivity index (χ2n) is 5.00. The molecule has 5 nitrogen and oxygen atoms in total. The standard InChI is InChI=1S/C15H22ClNO4/c16-11-8-9-12(13(18)10-11)17-14(19)6-4-2-1-3-5-7-15(20)21/h8-10,15,18,20-21H,1-7H2,(H,17,19). The zero-order valence-electron chi connectivity index (χ0n) is 11.9. The number of phenolic OH excluding ortho intramolecular Hbond substituents is 1. The van der Waals surface area contributed by atoms with Crippen molar-refractivity contribution >= 4 is 23.2 Å². The number of halogens is 1. The third-order valence-corrected chi connectivity index (χ3v) is 3.34. The molecule has 0 aliphatic rings. The van der Waals surface area contributed by atoms with Crippen LogP contribution in [0.3, 0.4) is 0 Å². The van der Waals surface area contributed by atoms with Gasteiger partial charge in [0.2, 0.25) is 5.91 Å². The summed E-state index contributed by atoms with van der Waals surface area (Å²) in [5.41, 5.74) is 0.362. The predicted molar refractivity (Wildman–Crippen MR) is 82.3 cm³/mol. The number of benzene rings is 1. The van der Waals surface area contributed by atoms with Crippen molar-refractivity contribution in [1.82, 2.24) is 0 Å². The highest BCUT2D eigenvalue weighted by molar-refractivity contribution is 6.30. The molecule has 0 aliphatic heterocycles. The lowest BCUT2D eigenvalue weighted by molar-refractivity contribution is -0.116. The third-order valence-electron chi connectivity index (χ3n) is 3.10. The van der Waals surface area contributed by atoms with Crippen molar-refractivity contribution in [2.45, 2.75) is 51.2 Å². The topological polar surface area (TPSA) is 89.8 Å². The molecule has 0 atom stereocenters. The van der Waals surface area contributed by atoms with Crippen LogP contribution in [0.4, 0.5) is 5.69 Å². The first kappa shape index (κ1) is 17.8. The first-order valence-electron chi connectivity index (χ1n) is 7.13. The molecule has 0 saturated heterocycles. The van der Waals surface area contributed by atoms with E-state index in [2.05, 4.69) is 5.32 Å². The van der Waals surface area contributed by atoms with Crippen LogP contribution >= 0.6 is 11.6 Å². The second kappa shape index (κ2) is 9.60. The molecule has 0 spiro atoms. The number of aliphatic hydroxyl groups is 2. The Labute approximate surface area is 129 Å². The van der Waals surface area contributed by atoms with Gasteiger partial charge in [-0.15, -0.1) is 0 Å². The molecule has 1 aromatic carbocycles. The van der Waals surface area contributed by atoms with Gasteiger partial charge in [0, 0.05) is 17.5 Å². The minimum Gasteiger partial charge on any atom is -0.506 e. The number of nitrogens with one attached hydrogen (secondary N) is 1. The fourth-order valence-corrected chi connectivity index (χ4v) is 2.13. The van der Waals surface area contributed by atoms with Crippen LogP contribution in [0.5, 0.6) is 5.75 Å². The SMILES string of the molecule is O=C(CCCCCCCC(O)O)Nc1ccc(Cl)cc1O. The van der Waals surface area contributed by atoms with E-state index in [9.17, 15) is 9.90 Å². The van der Waals surface area contributed by atoms with Crippen molar-refractivity contribution in [3.63, 3.8) is 0 Å². The first-order valence-corrected chi connectivity index (χ1v) is 7.51. The van der Waals surface area contributed by atoms with Gasteiger partial charge in [-0.25, -0.2) is 0 Å². The van der Waals surface area contributed by atoms with Crippen molar-refractivity contribution in [1.29, 1.82) is 0 Å². The number of aliphatic hydroxyl groups excluding tert-OH is 1. The second-order valence-corrected chi connectivity index (χ2v) is 5.43. The Morgan fingerprint density at radius 3 is 2.48 bits per heavy atom. The molecule has 0 heterocycles. The molecule has 1 aromatic rings. The van der Waals surface area contributed by atoms with E-state index < -0.39 is 6.29 Å². The quantitative estimate of drug-likeness (QED) is 0.320. The summed E-state index contributed by atoms with van der Waals surface area (Å²) in [6, 6.07) is 4.55. The van der Waals surface area contributed by atoms with Crippen LogP contribution in [0, 0.1) is 0 Å². The summed E-state index contributed by atoms with van der Waals surface area (Å²) in [7, 11) is 0. The Bertz CT molecular complexity index is 451. The predicted octanol–water partition coefficient (Wildman–Crippen LogP) is 3.03. The summed E-state index contributed by atoms with van der Waals surface area (Å²) < 4.78 is 0. The van der Waals surface area contributed by atoms with Gasteiger partial charge >= 0.3 is 0 Å². The summed E-state index contributed by atoms with van der Waals surface area (Å²) >= 11 is 5.71. The maximum absolute atomic E-state index is 11.7. The minimum atomic E-state index is -1.22. The van der Waals surface area contributed by atoms with E-state index in [1.54, 1.807) is 12.1 Å². The monoisotopic (exact) mass is 315 g/mol. The Kier molecular flexibility index (Phi) is 8.12. The number of anilines is 1. The lowest BCUT2D eigenvalue weighted by Gasteiger charge is -2.07. The number of phenols is 1. The van der Waals surface area contributed by atoms with Crippen molar-refractivity contribution in [2.75, 3.05) is 5.32 Å². The highest BCUT2D eigenvalue weighted by Gasteiger charge is 2.06. The molecule has 4 N–H and O–H groups in total. The molecule has 118 valence electrons. The van der Waals surface area contributed by atoms with Gasteiger partial charge < -0.3 is 20.6 Å². The number of hydrogen-bond donors (Lipinski definition) is 4. The fraction of sp³-hybridized carbons (Fsp3) is 0.533. The van der Waals surface area contributed by atoms with Crippen molar-refractivity contribution in [3.05, 3.63) is 23.2 Å². The van der Waals surface area contributed by atoms with Gasteiger partial charge in [-0.2, -0.15) is 0 Å². The number of unbranched alkanes of at least 4 members (excludes halogenated alkanes) is 4. The van der Waals surface area contributed by atoms with Gasteiger partial charge in [0.1, 0.15) is 5.75 Å². The summed E-state index contributed by atoms with van der Waals surface area (Å²) in [6.07, 6.45) is 3.93. The number of carbonyl (C=O) groups is 1. The number of carbonyl (C=O) groups excluding carboxylic acids is 1. The van der Waals surface area contributed by atoms with Crippen LogP contribution in [-0.4, -0.2) is 27.5 Å². The molecule has 0 aliphatic carbocycles. The van der Waals surface area contributed by atoms with Gasteiger partial charge in [-0.1, -0.05) is 30.9 Å². The third kappa shape index (κ3) is 7.90. The van der Waals surface area contributed by atoms with Crippen molar-refractivity contribution < 1.29 is 20.1 Å². The van der Waals surface area contributed by atoms with E-state index in [0.29, 0.717) is 23.6 Å². The van der Waals surface area contributed by atoms with E-state index in [1.807, 2.05) is 0 Å². The van der Waals surface area contributed by atoms with Crippen LogP contribution in [0.15, 0.2) is 18.2 Å². The van der Waals surface area contributed by atoms with Crippen LogP contribution in [-0.2, 0) is 4.79 Å². The summed E-state index contributed by atoms with van der Waals surface area (Å²) in [5.74, 6) is -0.184. The highest BCUT2D eigenvalue weighted by Crippen LogP contribution is 2.26. The lowest BCUT2D eigenvalue weighted by Crippen LogP contribution is -2.11. The molecule has 0 aromatic heterocycles. The maximum Gasteiger partial charge on any atom is 0.224 e. The maximum atomic E-state index is 11.7. The zero-order chi connectivity index (χ0) is 15.7. The van der Waals surface area contributed by atoms with Gasteiger partial charge in [0.05, 0.1) is 5.69 Å². The van der Waals surface area contributed by atoms with Crippen LogP contribution in [0.2, 0.25) is 5.02 Å². The van der Waals surface area contributed by atoms with E-state index >= 15 is 0 Å². The van der Waals surface area contributed by atoms with Gasteiger partial charge in [-0.05, 0) is 31.4 Å². The van der Waals surface area contributed by atoms with E-state index in [4.69, 9.17) is 21.8 Å². The van der Waals surface area contributed by atoms with E-state index in [0.717, 1.165) is 32.1 Å². The molecule has 1 amide bonds. The molecule has 0 unspecified atom stereocenters. The smallest absolute Gasteiger partial charge is 0.224 e. The summed E-state index contributed by atoms with van der Waals surface area (Å²) in [6.45, 7) is 0. The Balaban J connectivity index is 2.14. The Morgan fingerprint density at radius 2 is 1.81 bits per heavy atom. The molecule has 0 fully saturated rings. The van der Waals surface area contributed by atoms with Crippen LogP contribution < -0.4 is 5.32 Å². The van der Waals surface area contributed by atoms with E-state index in [-0.39, 0.29) is 11.7 Å². The number of amides is 1. The average Bonchev–Trinajstić information content (AvgIpc) is 2.40. The fourth-order valence-electron chi connectivity index (χ4n) is 1.97. The van der Waals surface area contributed by atoms with Gasteiger partial charge in [0.15, 0.2) is 6.29 Å². The van der Waals surface area contributed by atoms with Crippen molar-refractivity contribution in [2.24, 2.45) is 0 Å². The van der Waals surface area contributed by atoms with E-state index in [1.165, 1.54) is 6.07 Å². The number of aromatic hydroxyl groups is 1. The molecule has 0 saturated carbocycles. The zero-order valence-corrected chi connectivity index (χ0v) is 12.6. The highest BCUT2D eigenvalue weighted by atomic mass is 35.5. The van der Waals surface area contributed by atoms with Crippen LogP contribution in [0.25, 0.3) is 0 Å². The minimum absolute atomic E-state index is 0.0431. The molecular weight excluding hydrogens is 294 g/mol. The van der Waals surface area contributed by atoms with Crippen LogP contribution in [0.1, 0.15) is 44.9 Å². The summed E-state index contributed by atoms with van der Waals surface area (Å²) in [5, 5.41) is 30.0. The molecule has 0 bridgehead atoms. The van der Waals surface area contributed by atoms with Crippen molar-refractivity contribution in [3.8, 4) is 5.75 Å².